The molecule has 0 atom stereocenters. The van der Waals surface area contributed by atoms with Gasteiger partial charge in [0.1, 0.15) is 0 Å². The summed E-state index contributed by atoms with van der Waals surface area (Å²) >= 11 is 0. The molecule has 1 saturated carbocycles. The second kappa shape index (κ2) is 7.06. The monoisotopic (exact) mass is 401 g/mol. The number of rotatable bonds is 5. The van der Waals surface area contributed by atoms with Gasteiger partial charge >= 0.3 is 0 Å². The normalized spacial score (nSPS) is 17.8. The minimum absolute atomic E-state index is 0.0163. The van der Waals surface area contributed by atoms with Crippen LogP contribution in [0.1, 0.15) is 34.3 Å². The lowest BCUT2D eigenvalue weighted by Gasteiger charge is -2.44. The number of nitrogens with zero attached hydrogens (tertiary/aromatic N) is 4. The van der Waals surface area contributed by atoms with Crippen LogP contribution in [0.25, 0.3) is 11.0 Å². The number of aromatic nitrogens is 2. The summed E-state index contributed by atoms with van der Waals surface area (Å²) in [5.74, 6) is -0.0163. The van der Waals surface area contributed by atoms with Crippen LogP contribution in [0.4, 0.5) is 5.69 Å². The molecule has 1 aromatic carbocycles. The molecule has 0 spiro atoms. The van der Waals surface area contributed by atoms with Gasteiger partial charge in [0.2, 0.25) is 0 Å². The molecule has 6 heteroatoms. The highest BCUT2D eigenvalue weighted by Gasteiger charge is 2.47. The minimum Gasteiger partial charge on any atom is -0.368 e. The third kappa shape index (κ3) is 3.21. The summed E-state index contributed by atoms with van der Waals surface area (Å²) in [4.78, 5) is 26.8. The van der Waals surface area contributed by atoms with E-state index in [1.807, 2.05) is 37.4 Å². The van der Waals surface area contributed by atoms with Gasteiger partial charge in [0.15, 0.2) is 0 Å². The lowest BCUT2D eigenvalue weighted by molar-refractivity contribution is 0.0930. The van der Waals surface area contributed by atoms with Crippen LogP contribution in [-0.4, -0.2) is 54.0 Å². The summed E-state index contributed by atoms with van der Waals surface area (Å²) in [5.41, 5.74) is 5.31. The van der Waals surface area contributed by atoms with Crippen molar-refractivity contribution in [3.05, 3.63) is 65.5 Å². The Kier molecular flexibility index (Phi) is 4.47. The van der Waals surface area contributed by atoms with Gasteiger partial charge in [0.05, 0.1) is 16.6 Å². The maximum absolute atomic E-state index is 13.3. The molecule has 0 unspecified atom stereocenters. The third-order valence-corrected chi connectivity index (χ3v) is 6.54. The zero-order chi connectivity index (χ0) is 20.9. The number of amides is 1. The van der Waals surface area contributed by atoms with E-state index in [0.29, 0.717) is 6.04 Å². The van der Waals surface area contributed by atoms with E-state index in [9.17, 15) is 4.79 Å². The average Bonchev–Trinajstić information content (AvgIpc) is 3.47. The van der Waals surface area contributed by atoms with E-state index in [4.69, 9.17) is 0 Å². The Hall–Kier alpha value is -2.99. The number of likely N-dealkylation sites (N-methyl/N-ethyl adjacent to an activating group) is 1. The van der Waals surface area contributed by atoms with Gasteiger partial charge in [0.25, 0.3) is 5.91 Å². The average molecular weight is 402 g/mol. The van der Waals surface area contributed by atoms with E-state index in [1.165, 1.54) is 0 Å². The Morgan fingerprint density at radius 2 is 1.93 bits per heavy atom. The molecule has 6 nitrogen and oxygen atoms in total. The number of fused-ring (bicyclic) bond motifs is 1. The smallest absolute Gasteiger partial charge is 0.252 e. The number of pyridine rings is 2. The van der Waals surface area contributed by atoms with Gasteiger partial charge in [-0.1, -0.05) is 6.07 Å². The summed E-state index contributed by atoms with van der Waals surface area (Å²) in [5, 5.41) is 3.33. The van der Waals surface area contributed by atoms with Crippen molar-refractivity contribution >= 4 is 22.6 Å². The minimum atomic E-state index is -0.345. The first kappa shape index (κ1) is 19.0. The number of aryl methyl sites for hydroxylation is 1. The maximum Gasteiger partial charge on any atom is 0.252 e. The molecule has 0 bridgehead atoms. The molecule has 154 valence electrons. The lowest BCUT2D eigenvalue weighted by atomic mass is 10.0. The summed E-state index contributed by atoms with van der Waals surface area (Å²) in [6.07, 6.45) is 5.43. The molecule has 5 rings (SSSR count). The molecule has 2 aliphatic rings. The molecule has 1 aliphatic carbocycles. The Labute approximate surface area is 176 Å². The molecule has 3 heterocycles. The van der Waals surface area contributed by atoms with E-state index >= 15 is 0 Å². The quantitative estimate of drug-likeness (QED) is 0.712. The largest absolute Gasteiger partial charge is 0.368 e. The van der Waals surface area contributed by atoms with E-state index in [-0.39, 0.29) is 11.4 Å². The highest BCUT2D eigenvalue weighted by Crippen LogP contribution is 2.47. The Balaban J connectivity index is 1.40. The van der Waals surface area contributed by atoms with Crippen molar-refractivity contribution in [2.24, 2.45) is 0 Å². The van der Waals surface area contributed by atoms with E-state index in [1.54, 1.807) is 6.20 Å². The van der Waals surface area contributed by atoms with E-state index in [2.05, 4.69) is 51.3 Å². The number of benzene rings is 1. The summed E-state index contributed by atoms with van der Waals surface area (Å²) < 4.78 is 0. The van der Waals surface area contributed by atoms with Gasteiger partial charge < -0.3 is 15.1 Å². The Morgan fingerprint density at radius 3 is 2.67 bits per heavy atom. The van der Waals surface area contributed by atoms with Gasteiger partial charge in [-0.05, 0) is 69.8 Å². The number of anilines is 1. The van der Waals surface area contributed by atoms with Gasteiger partial charge in [-0.3, -0.25) is 14.8 Å². The van der Waals surface area contributed by atoms with E-state index < -0.39 is 0 Å². The molecule has 30 heavy (non-hydrogen) atoms. The molecule has 1 N–H and O–H groups in total. The highest BCUT2D eigenvalue weighted by atomic mass is 16.1. The molecule has 3 aromatic rings. The van der Waals surface area contributed by atoms with Crippen molar-refractivity contribution < 1.29 is 4.79 Å². The molecule has 1 saturated heterocycles. The number of carbonyl (C=O) groups excluding carboxylic acids is 1. The van der Waals surface area contributed by atoms with Crippen molar-refractivity contribution in [1.82, 2.24) is 20.2 Å². The zero-order valence-corrected chi connectivity index (χ0v) is 17.7. The number of hydrogen-bond acceptors (Lipinski definition) is 5. The first-order valence-electron chi connectivity index (χ1n) is 10.5. The van der Waals surface area contributed by atoms with Crippen molar-refractivity contribution in [2.45, 2.75) is 31.3 Å². The van der Waals surface area contributed by atoms with Crippen LogP contribution in [0.2, 0.25) is 0 Å². The van der Waals surface area contributed by atoms with Crippen LogP contribution in [0.15, 0.2) is 48.8 Å². The second-order valence-electron chi connectivity index (χ2n) is 8.79. The van der Waals surface area contributed by atoms with Crippen LogP contribution in [-0.2, 0) is 5.54 Å². The van der Waals surface area contributed by atoms with Crippen molar-refractivity contribution in [3.63, 3.8) is 0 Å². The summed E-state index contributed by atoms with van der Waals surface area (Å²) in [6, 6.07) is 12.6. The molecule has 2 fully saturated rings. The van der Waals surface area contributed by atoms with Crippen molar-refractivity contribution in [1.29, 1.82) is 0 Å². The van der Waals surface area contributed by atoms with Gasteiger partial charge in [0, 0.05) is 48.3 Å². The number of carbonyl (C=O) groups is 1. The Morgan fingerprint density at radius 1 is 1.13 bits per heavy atom. The summed E-state index contributed by atoms with van der Waals surface area (Å²) in [6.45, 7) is 3.99. The highest BCUT2D eigenvalue weighted by molar-refractivity contribution is 5.98. The second-order valence-corrected chi connectivity index (χ2v) is 8.79. The molecular weight excluding hydrogens is 374 g/mol. The van der Waals surface area contributed by atoms with Gasteiger partial charge in [-0.25, -0.2) is 0 Å². The first-order chi connectivity index (χ1) is 14.5. The standard InChI is InChI=1S/C24H27N5O/c1-16-6-7-17(29-14-18(15-29)28(2)3)13-19(16)23(30)27-24(9-10-24)20-8-12-25-21-5-4-11-26-22(20)21/h4-8,11-13,18H,9-10,14-15H2,1-3H3,(H,27,30). The van der Waals surface area contributed by atoms with Crippen LogP contribution >= 0.6 is 0 Å². The number of hydrogen-bond donors (Lipinski definition) is 1. The molecule has 2 aromatic heterocycles. The van der Waals surface area contributed by atoms with Crippen LogP contribution in [0.3, 0.4) is 0 Å². The molecule has 0 radical (unpaired) electrons. The topological polar surface area (TPSA) is 61.4 Å². The Bertz CT molecular complexity index is 1110. The molecule has 1 aliphatic heterocycles. The van der Waals surface area contributed by atoms with Crippen LogP contribution in [0.5, 0.6) is 0 Å². The SMILES string of the molecule is Cc1ccc(N2CC(N(C)C)C2)cc1C(=O)NC1(c2ccnc3cccnc23)CC1. The summed E-state index contributed by atoms with van der Waals surface area (Å²) in [7, 11) is 4.23. The van der Waals surface area contributed by atoms with E-state index in [0.717, 1.165) is 59.3 Å². The van der Waals surface area contributed by atoms with Crippen molar-refractivity contribution in [3.8, 4) is 0 Å². The van der Waals surface area contributed by atoms with Gasteiger partial charge in [-0.2, -0.15) is 0 Å². The van der Waals surface area contributed by atoms with Crippen LogP contribution in [0, 0.1) is 6.92 Å². The zero-order valence-electron chi connectivity index (χ0n) is 17.7. The molecular formula is C24H27N5O. The third-order valence-electron chi connectivity index (χ3n) is 6.54. The fourth-order valence-electron chi connectivity index (χ4n) is 4.28. The fraction of sp³-hybridized carbons (Fsp3) is 0.375. The molecule has 1 amide bonds. The van der Waals surface area contributed by atoms with Crippen molar-refractivity contribution in [2.75, 3.05) is 32.1 Å². The van der Waals surface area contributed by atoms with Gasteiger partial charge in [-0.15, -0.1) is 0 Å². The lowest BCUT2D eigenvalue weighted by Crippen LogP contribution is -2.57. The maximum atomic E-state index is 13.3. The predicted octanol–water partition coefficient (Wildman–Crippen LogP) is 3.11. The van der Waals surface area contributed by atoms with Crippen LogP contribution < -0.4 is 10.2 Å². The fourth-order valence-corrected chi connectivity index (χ4v) is 4.28. The first-order valence-corrected chi connectivity index (χ1v) is 10.5. The number of nitrogens with one attached hydrogen (secondary N) is 1. The predicted molar refractivity (Wildman–Crippen MR) is 119 cm³/mol.